The molecule has 0 rings (SSSR count). The molecule has 0 saturated heterocycles. The van der Waals surface area contributed by atoms with Gasteiger partial charge in [0, 0.05) is 12.2 Å². The summed E-state index contributed by atoms with van der Waals surface area (Å²) < 4.78 is 0. The first-order valence-corrected chi connectivity index (χ1v) is 1.87. The SMILES string of the molecule is S=C=N[N+]=C=S. The molecule has 0 bridgehead atoms. The van der Waals surface area contributed by atoms with E-state index in [0.717, 1.165) is 0 Å². The van der Waals surface area contributed by atoms with Crippen LogP contribution in [0.2, 0.25) is 0 Å². The number of rotatable bonds is 1. The predicted molar refractivity (Wildman–Crippen MR) is 29.8 cm³/mol. The van der Waals surface area contributed by atoms with Crippen LogP contribution in [0.4, 0.5) is 0 Å². The molecule has 29 valence electrons. The monoisotopic (exact) mass is 116 g/mol. The number of hydrogen-bond donors (Lipinski definition) is 0. The van der Waals surface area contributed by atoms with Crippen LogP contribution in [0.25, 0.3) is 0 Å². The summed E-state index contributed by atoms with van der Waals surface area (Å²) in [5.74, 6) is 0. The molecular weight excluding hydrogens is 116 g/mol. The van der Waals surface area contributed by atoms with Gasteiger partial charge in [0.05, 0.1) is 12.2 Å². The summed E-state index contributed by atoms with van der Waals surface area (Å²) in [5, 5.41) is 10.1. The Kier molecular flexibility index (Phi) is 4.29. The second-order valence-electron chi connectivity index (χ2n) is 0.383. The van der Waals surface area contributed by atoms with Crippen LogP contribution in [-0.2, 0) is 0 Å². The van der Waals surface area contributed by atoms with E-state index in [1.807, 2.05) is 10.3 Å². The Morgan fingerprint density at radius 2 is 2.17 bits per heavy atom. The molecule has 0 aliphatic rings. The van der Waals surface area contributed by atoms with E-state index >= 15 is 0 Å². The maximum atomic E-state index is 4.12. The molecular formula is C2N2S2+. The van der Waals surface area contributed by atoms with Gasteiger partial charge in [-0.25, -0.2) is 0 Å². The number of thiocarbonyl (C=S) groups is 2. The molecule has 0 spiro atoms. The second kappa shape index (κ2) is 4.60. The lowest BCUT2D eigenvalue weighted by Gasteiger charge is -1.25. The zero-order chi connectivity index (χ0) is 4.83. The van der Waals surface area contributed by atoms with Gasteiger partial charge in [0.25, 0.3) is 5.10 Å². The predicted octanol–water partition coefficient (Wildman–Crippen LogP) is 0.443. The van der Waals surface area contributed by atoms with Crippen LogP contribution in [0.15, 0.2) is 5.10 Å². The molecule has 6 heavy (non-hydrogen) atoms. The Hall–Kier alpha value is -0.400. The molecule has 0 saturated carbocycles. The van der Waals surface area contributed by atoms with E-state index in [0.29, 0.717) is 0 Å². The van der Waals surface area contributed by atoms with Gasteiger partial charge < -0.3 is 0 Å². The Balaban J connectivity index is 3.64. The highest BCUT2D eigenvalue weighted by Gasteiger charge is 1.68. The fourth-order valence-electron chi connectivity index (χ4n) is 0.0408. The molecule has 0 heterocycles. The molecule has 0 atom stereocenters. The molecule has 4 heteroatoms. The number of nitrogens with zero attached hydrogens (tertiary/aromatic N) is 2. The molecule has 0 amide bonds. The van der Waals surface area contributed by atoms with E-state index in [1.165, 1.54) is 0 Å². The van der Waals surface area contributed by atoms with Crippen molar-refractivity contribution in [3.05, 3.63) is 0 Å². The molecule has 0 aliphatic heterocycles. The van der Waals surface area contributed by atoms with E-state index in [9.17, 15) is 0 Å². The molecule has 0 aromatic carbocycles. The summed E-state index contributed by atoms with van der Waals surface area (Å²) in [5.41, 5.74) is 0. The molecule has 1 radical (unpaired) electrons. The summed E-state index contributed by atoms with van der Waals surface area (Å²) in [4.78, 5) is 0. The Labute approximate surface area is 45.6 Å². The number of isothiocyanates is 2. The summed E-state index contributed by atoms with van der Waals surface area (Å²) in [6.45, 7) is 0. The third-order valence-electron chi connectivity index (χ3n) is 0.132. The Morgan fingerprint density at radius 1 is 1.50 bits per heavy atom. The molecule has 0 N–H and O–H groups in total. The first kappa shape index (κ1) is 5.60. The van der Waals surface area contributed by atoms with Crippen molar-refractivity contribution in [1.82, 2.24) is 5.10 Å². The van der Waals surface area contributed by atoms with Crippen LogP contribution >= 0.6 is 24.4 Å². The molecule has 2 nitrogen and oxygen atoms in total. The van der Waals surface area contributed by atoms with E-state index in [4.69, 9.17) is 0 Å². The van der Waals surface area contributed by atoms with Crippen LogP contribution in [0.1, 0.15) is 0 Å². The van der Waals surface area contributed by atoms with Crippen LogP contribution in [-0.4, -0.2) is 10.3 Å². The van der Waals surface area contributed by atoms with Crippen LogP contribution in [0.5, 0.6) is 0 Å². The van der Waals surface area contributed by atoms with Crippen molar-refractivity contribution in [2.24, 2.45) is 5.10 Å². The van der Waals surface area contributed by atoms with Gasteiger partial charge in [0.2, 0.25) is 0 Å². The Bertz CT molecular complexity index is 102. The van der Waals surface area contributed by atoms with E-state index in [1.54, 1.807) is 0 Å². The quantitative estimate of drug-likeness (QED) is 0.282. The van der Waals surface area contributed by atoms with Crippen molar-refractivity contribution in [3.63, 3.8) is 0 Å². The lowest BCUT2D eigenvalue weighted by Crippen LogP contribution is -1.64. The molecule has 0 fully saturated rings. The highest BCUT2D eigenvalue weighted by Crippen LogP contribution is 1.40. The van der Waals surface area contributed by atoms with E-state index in [2.05, 4.69) is 34.6 Å². The van der Waals surface area contributed by atoms with Crippen molar-refractivity contribution in [2.75, 3.05) is 0 Å². The summed E-state index contributed by atoms with van der Waals surface area (Å²) >= 11 is 8.24. The van der Waals surface area contributed by atoms with E-state index in [-0.39, 0.29) is 0 Å². The molecule has 0 unspecified atom stereocenters. The molecule has 0 aliphatic carbocycles. The summed E-state index contributed by atoms with van der Waals surface area (Å²) in [7, 11) is 0. The highest BCUT2D eigenvalue weighted by molar-refractivity contribution is 7.78. The minimum absolute atomic E-state index is 1.98. The van der Waals surface area contributed by atoms with E-state index < -0.39 is 0 Å². The van der Waals surface area contributed by atoms with Crippen molar-refractivity contribution in [3.8, 4) is 0 Å². The first-order chi connectivity index (χ1) is 2.91. The largest absolute Gasteiger partial charge is 0.370 e. The van der Waals surface area contributed by atoms with Crippen LogP contribution in [0.3, 0.4) is 0 Å². The average Bonchev–Trinajstić information content (AvgIpc) is 1.61. The highest BCUT2D eigenvalue weighted by atomic mass is 32.1. The lowest BCUT2D eigenvalue weighted by atomic mass is 11.6. The Morgan fingerprint density at radius 3 is 2.33 bits per heavy atom. The van der Waals surface area contributed by atoms with Crippen molar-refractivity contribution >= 4 is 34.8 Å². The third kappa shape index (κ3) is 3.60. The average molecular weight is 116 g/mol. The zero-order valence-electron chi connectivity index (χ0n) is 2.71. The minimum atomic E-state index is 1.98. The van der Waals surface area contributed by atoms with Crippen LogP contribution in [0, 0.1) is 0 Å². The fourth-order valence-corrected chi connectivity index (χ4v) is 0.122. The van der Waals surface area contributed by atoms with Crippen molar-refractivity contribution in [2.45, 2.75) is 0 Å². The van der Waals surface area contributed by atoms with Gasteiger partial charge >= 0.3 is 5.16 Å². The van der Waals surface area contributed by atoms with Gasteiger partial charge in [-0.15, -0.1) is 0 Å². The minimum Gasteiger partial charge on any atom is 0.000366 e. The zero-order valence-corrected chi connectivity index (χ0v) is 4.34. The lowest BCUT2D eigenvalue weighted by molar-refractivity contribution is 1.14. The van der Waals surface area contributed by atoms with Gasteiger partial charge in [-0.1, -0.05) is 0 Å². The van der Waals surface area contributed by atoms with Gasteiger partial charge in [0.1, 0.15) is 10.3 Å². The molecule has 0 aromatic rings. The van der Waals surface area contributed by atoms with Crippen LogP contribution < -0.4 is 5.10 Å². The second-order valence-corrected chi connectivity index (χ2v) is 0.748. The van der Waals surface area contributed by atoms with Gasteiger partial charge in [-0.2, -0.15) is 0 Å². The first-order valence-electron chi connectivity index (χ1n) is 1.06. The topological polar surface area (TPSA) is 26.5 Å². The third-order valence-corrected chi connectivity index (χ3v) is 0.295. The van der Waals surface area contributed by atoms with Crippen molar-refractivity contribution in [1.29, 1.82) is 0 Å². The summed E-state index contributed by atoms with van der Waals surface area (Å²) in [6.07, 6.45) is 0. The standard InChI is InChI=1S/C2N2S2/c5-1-3-4-2-6/q+1. The smallest absolute Gasteiger partial charge is 0.000366 e. The van der Waals surface area contributed by atoms with Gasteiger partial charge in [0.15, 0.2) is 0 Å². The fraction of sp³-hybridized carbons (Fsp3) is 0. The number of hydrogen-bond acceptors (Lipinski definition) is 4. The maximum Gasteiger partial charge on any atom is 0.370 e. The summed E-state index contributed by atoms with van der Waals surface area (Å²) in [6, 6.07) is 0. The van der Waals surface area contributed by atoms with Crippen molar-refractivity contribution < 1.29 is 0 Å². The van der Waals surface area contributed by atoms with Gasteiger partial charge in [-0.05, 0) is 0 Å². The maximum absolute atomic E-state index is 4.12. The van der Waals surface area contributed by atoms with Gasteiger partial charge in [-0.3, -0.25) is 0 Å². The normalized spacial score (nSPS) is 4.67. The molecule has 0 aromatic heterocycles.